The molecule has 0 aromatic rings. The molecule has 0 N–H and O–H groups in total. The van der Waals surface area contributed by atoms with E-state index in [1.165, 1.54) is 44.9 Å². The third kappa shape index (κ3) is 5.37. The molecule has 0 aliphatic rings. The van der Waals surface area contributed by atoms with Crippen LogP contribution in [0.15, 0.2) is 0 Å². The minimum atomic E-state index is 0.583. The van der Waals surface area contributed by atoms with Gasteiger partial charge in [0.2, 0.25) is 0 Å². The highest BCUT2D eigenvalue weighted by Gasteiger charge is 2.30. The van der Waals surface area contributed by atoms with Gasteiger partial charge in [-0.1, -0.05) is 73.6 Å². The van der Waals surface area contributed by atoms with Crippen LogP contribution in [0, 0.1) is 17.3 Å². The van der Waals surface area contributed by atoms with Gasteiger partial charge in [-0.15, -0.1) is 0 Å². The number of unbranched alkanes of at least 4 members (excludes halogenated alkanes) is 1. The van der Waals surface area contributed by atoms with Gasteiger partial charge >= 0.3 is 0 Å². The molecule has 0 fully saturated rings. The molecular formula is C16H34. The Morgan fingerprint density at radius 3 is 2.06 bits per heavy atom. The summed E-state index contributed by atoms with van der Waals surface area (Å²) in [5.41, 5.74) is 0.583. The first-order chi connectivity index (χ1) is 7.50. The van der Waals surface area contributed by atoms with Crippen molar-refractivity contribution < 1.29 is 0 Å². The Morgan fingerprint density at radius 1 is 1.00 bits per heavy atom. The lowest BCUT2D eigenvalue weighted by Crippen LogP contribution is -2.27. The molecular weight excluding hydrogens is 192 g/mol. The Kier molecular flexibility index (Phi) is 8.14. The van der Waals surface area contributed by atoms with E-state index in [9.17, 15) is 0 Å². The van der Waals surface area contributed by atoms with Gasteiger partial charge in [0.05, 0.1) is 0 Å². The van der Waals surface area contributed by atoms with Crippen LogP contribution in [0.2, 0.25) is 0 Å². The van der Waals surface area contributed by atoms with Crippen LogP contribution in [-0.2, 0) is 0 Å². The summed E-state index contributed by atoms with van der Waals surface area (Å²) in [5.74, 6) is 1.78. The number of rotatable bonds is 9. The Balaban J connectivity index is 4.39. The fourth-order valence-electron chi connectivity index (χ4n) is 2.92. The molecule has 3 atom stereocenters. The lowest BCUT2D eigenvalue weighted by Gasteiger charge is -2.38. The normalized spacial score (nSPS) is 19.1. The molecule has 0 radical (unpaired) electrons. The van der Waals surface area contributed by atoms with E-state index in [0.29, 0.717) is 5.41 Å². The van der Waals surface area contributed by atoms with Crippen LogP contribution in [0.25, 0.3) is 0 Å². The topological polar surface area (TPSA) is 0 Å². The predicted octanol–water partition coefficient (Wildman–Crippen LogP) is 6.06. The van der Waals surface area contributed by atoms with E-state index in [1.807, 2.05) is 0 Å². The van der Waals surface area contributed by atoms with Crippen molar-refractivity contribution in [2.45, 2.75) is 86.5 Å². The zero-order valence-corrected chi connectivity index (χ0v) is 12.6. The molecule has 0 bridgehead atoms. The molecule has 0 aromatic carbocycles. The largest absolute Gasteiger partial charge is 0.0654 e. The average molecular weight is 226 g/mol. The van der Waals surface area contributed by atoms with Crippen LogP contribution in [-0.4, -0.2) is 0 Å². The first kappa shape index (κ1) is 16.0. The monoisotopic (exact) mass is 226 g/mol. The fraction of sp³-hybridized carbons (Fsp3) is 1.00. The van der Waals surface area contributed by atoms with Gasteiger partial charge in [-0.05, 0) is 30.1 Å². The van der Waals surface area contributed by atoms with Gasteiger partial charge in [0, 0.05) is 0 Å². The molecule has 0 rings (SSSR count). The number of hydrogen-bond donors (Lipinski definition) is 0. The van der Waals surface area contributed by atoms with Crippen LogP contribution >= 0.6 is 0 Å². The van der Waals surface area contributed by atoms with Crippen molar-refractivity contribution >= 4 is 0 Å². The van der Waals surface area contributed by atoms with Crippen molar-refractivity contribution in [1.82, 2.24) is 0 Å². The maximum Gasteiger partial charge on any atom is -0.0298 e. The SMILES string of the molecule is CCCCC(C)C(C)(CCC)CC(C)CC. The molecule has 0 aliphatic heterocycles. The standard InChI is InChI=1S/C16H34/c1-7-10-11-15(5)16(6,12-8-2)13-14(4)9-3/h14-15H,7-13H2,1-6H3. The summed E-state index contributed by atoms with van der Waals surface area (Å²) in [6, 6.07) is 0. The summed E-state index contributed by atoms with van der Waals surface area (Å²) in [6.07, 6.45) is 9.66. The van der Waals surface area contributed by atoms with Crippen molar-refractivity contribution in [2.75, 3.05) is 0 Å². The Bertz CT molecular complexity index is 161. The second-order valence-corrected chi connectivity index (χ2v) is 6.16. The molecule has 0 amide bonds. The molecule has 0 aliphatic carbocycles. The lowest BCUT2D eigenvalue weighted by atomic mass is 9.67. The van der Waals surface area contributed by atoms with E-state index >= 15 is 0 Å². The highest BCUT2D eigenvalue weighted by Crippen LogP contribution is 2.41. The average Bonchev–Trinajstić information content (AvgIpc) is 2.25. The van der Waals surface area contributed by atoms with E-state index in [4.69, 9.17) is 0 Å². The molecule has 0 spiro atoms. The molecule has 98 valence electrons. The van der Waals surface area contributed by atoms with Crippen molar-refractivity contribution in [2.24, 2.45) is 17.3 Å². The maximum absolute atomic E-state index is 2.53. The van der Waals surface area contributed by atoms with Gasteiger partial charge in [0.1, 0.15) is 0 Å². The third-order valence-electron chi connectivity index (χ3n) is 4.51. The first-order valence-corrected chi connectivity index (χ1v) is 7.50. The fourth-order valence-corrected chi connectivity index (χ4v) is 2.92. The van der Waals surface area contributed by atoms with Gasteiger partial charge in [0.15, 0.2) is 0 Å². The molecule has 16 heavy (non-hydrogen) atoms. The van der Waals surface area contributed by atoms with Crippen LogP contribution in [0.4, 0.5) is 0 Å². The highest BCUT2D eigenvalue weighted by atomic mass is 14.4. The summed E-state index contributed by atoms with van der Waals surface area (Å²) in [5, 5.41) is 0. The Labute approximate surface area is 104 Å². The molecule has 0 nitrogen and oxygen atoms in total. The first-order valence-electron chi connectivity index (χ1n) is 7.50. The summed E-state index contributed by atoms with van der Waals surface area (Å²) in [7, 11) is 0. The van der Waals surface area contributed by atoms with E-state index < -0.39 is 0 Å². The molecule has 3 unspecified atom stereocenters. The van der Waals surface area contributed by atoms with Crippen molar-refractivity contribution in [3.8, 4) is 0 Å². The molecule has 0 saturated carbocycles. The maximum atomic E-state index is 2.53. The van der Waals surface area contributed by atoms with Crippen LogP contribution < -0.4 is 0 Å². The second-order valence-electron chi connectivity index (χ2n) is 6.16. The molecule has 0 heterocycles. The van der Waals surface area contributed by atoms with Crippen molar-refractivity contribution in [1.29, 1.82) is 0 Å². The Hall–Kier alpha value is 0. The summed E-state index contributed by atoms with van der Waals surface area (Å²) in [6.45, 7) is 14.4. The number of hydrogen-bond acceptors (Lipinski definition) is 0. The summed E-state index contributed by atoms with van der Waals surface area (Å²) in [4.78, 5) is 0. The minimum absolute atomic E-state index is 0.583. The summed E-state index contributed by atoms with van der Waals surface area (Å²) >= 11 is 0. The molecule has 0 saturated heterocycles. The zero-order chi connectivity index (χ0) is 12.6. The highest BCUT2D eigenvalue weighted by molar-refractivity contribution is 4.81. The quantitative estimate of drug-likeness (QED) is 0.448. The third-order valence-corrected chi connectivity index (χ3v) is 4.51. The molecule has 0 heteroatoms. The van der Waals surface area contributed by atoms with Crippen molar-refractivity contribution in [3.05, 3.63) is 0 Å². The van der Waals surface area contributed by atoms with Gasteiger partial charge in [-0.25, -0.2) is 0 Å². The van der Waals surface area contributed by atoms with Gasteiger partial charge in [-0.2, -0.15) is 0 Å². The van der Waals surface area contributed by atoms with E-state index in [2.05, 4.69) is 41.5 Å². The second kappa shape index (κ2) is 8.14. The van der Waals surface area contributed by atoms with Crippen molar-refractivity contribution in [3.63, 3.8) is 0 Å². The smallest absolute Gasteiger partial charge is 0.0298 e. The summed E-state index contributed by atoms with van der Waals surface area (Å²) < 4.78 is 0. The van der Waals surface area contributed by atoms with Gasteiger partial charge < -0.3 is 0 Å². The van der Waals surface area contributed by atoms with Crippen LogP contribution in [0.1, 0.15) is 86.5 Å². The molecule has 0 aromatic heterocycles. The van der Waals surface area contributed by atoms with E-state index in [1.54, 1.807) is 0 Å². The van der Waals surface area contributed by atoms with Crippen LogP contribution in [0.3, 0.4) is 0 Å². The van der Waals surface area contributed by atoms with E-state index in [-0.39, 0.29) is 0 Å². The lowest BCUT2D eigenvalue weighted by molar-refractivity contribution is 0.127. The van der Waals surface area contributed by atoms with Gasteiger partial charge in [-0.3, -0.25) is 0 Å². The van der Waals surface area contributed by atoms with E-state index in [0.717, 1.165) is 11.8 Å². The predicted molar refractivity (Wildman–Crippen MR) is 75.8 cm³/mol. The Morgan fingerprint density at radius 2 is 1.62 bits per heavy atom. The van der Waals surface area contributed by atoms with Gasteiger partial charge in [0.25, 0.3) is 0 Å². The zero-order valence-electron chi connectivity index (χ0n) is 12.6. The van der Waals surface area contributed by atoms with Crippen LogP contribution in [0.5, 0.6) is 0 Å². The minimum Gasteiger partial charge on any atom is -0.0654 e.